The maximum atomic E-state index is 12.7. The van der Waals surface area contributed by atoms with Crippen LogP contribution in [-0.2, 0) is 11.8 Å². The molecule has 0 bridgehead atoms. The number of rotatable bonds is 5. The van der Waals surface area contributed by atoms with Crippen molar-refractivity contribution in [2.75, 3.05) is 25.0 Å². The van der Waals surface area contributed by atoms with E-state index in [2.05, 4.69) is 30.5 Å². The first kappa shape index (κ1) is 20.4. The first-order valence-corrected chi connectivity index (χ1v) is 10.2. The number of amides is 1. The zero-order valence-corrected chi connectivity index (χ0v) is 17.5. The normalized spacial score (nSPS) is 16.1. The Kier molecular flexibility index (Phi) is 5.48. The molecule has 0 atom stereocenters. The lowest BCUT2D eigenvalue weighted by Gasteiger charge is -2.34. The standard InChI is InChI=1S/C21H27N7O2/c1-21(2,30)13-28-8-6-14(7-9-28)20(29)24-19-10-17-15(11-22-19)4-5-16(23-17)18-12-27(3)26-25-18/h4-5,10-12,14,30H,6-9,13H2,1-3H3,(H,22,24,29). The van der Waals surface area contributed by atoms with Crippen molar-refractivity contribution in [3.8, 4) is 11.4 Å². The fourth-order valence-corrected chi connectivity index (χ4v) is 3.82. The molecule has 0 aliphatic carbocycles. The molecule has 0 spiro atoms. The smallest absolute Gasteiger partial charge is 0.228 e. The van der Waals surface area contributed by atoms with Crippen molar-refractivity contribution in [2.24, 2.45) is 13.0 Å². The average molecular weight is 409 g/mol. The van der Waals surface area contributed by atoms with Crippen LogP contribution in [0.15, 0.2) is 30.6 Å². The minimum Gasteiger partial charge on any atom is -0.389 e. The van der Waals surface area contributed by atoms with Crippen molar-refractivity contribution in [1.29, 1.82) is 0 Å². The molecule has 2 N–H and O–H groups in total. The summed E-state index contributed by atoms with van der Waals surface area (Å²) < 4.78 is 1.63. The van der Waals surface area contributed by atoms with E-state index < -0.39 is 5.60 Å². The van der Waals surface area contributed by atoms with Crippen molar-refractivity contribution in [3.63, 3.8) is 0 Å². The molecule has 1 aliphatic rings. The van der Waals surface area contributed by atoms with Gasteiger partial charge in [0.1, 0.15) is 11.5 Å². The van der Waals surface area contributed by atoms with Crippen LogP contribution in [0.25, 0.3) is 22.3 Å². The minimum atomic E-state index is -0.721. The second-order valence-corrected chi connectivity index (χ2v) is 8.59. The molecular formula is C21H27N7O2. The average Bonchev–Trinajstić information content (AvgIpc) is 3.13. The molecule has 1 saturated heterocycles. The van der Waals surface area contributed by atoms with Crippen LogP contribution < -0.4 is 5.32 Å². The summed E-state index contributed by atoms with van der Waals surface area (Å²) in [6.45, 7) is 5.84. The third-order valence-corrected chi connectivity index (χ3v) is 5.26. The van der Waals surface area contributed by atoms with E-state index in [-0.39, 0.29) is 11.8 Å². The summed E-state index contributed by atoms with van der Waals surface area (Å²) in [6.07, 6.45) is 5.06. The number of hydrogen-bond acceptors (Lipinski definition) is 7. The van der Waals surface area contributed by atoms with E-state index in [4.69, 9.17) is 0 Å². The van der Waals surface area contributed by atoms with Gasteiger partial charge in [-0.05, 0) is 51.9 Å². The van der Waals surface area contributed by atoms with Crippen molar-refractivity contribution in [3.05, 3.63) is 30.6 Å². The van der Waals surface area contributed by atoms with Crippen LogP contribution in [-0.4, -0.2) is 66.1 Å². The number of pyridine rings is 2. The third-order valence-electron chi connectivity index (χ3n) is 5.26. The molecule has 1 fully saturated rings. The number of piperidine rings is 1. The van der Waals surface area contributed by atoms with Crippen LogP contribution in [0.4, 0.5) is 5.82 Å². The topological polar surface area (TPSA) is 109 Å². The minimum absolute atomic E-state index is 0.0187. The predicted molar refractivity (Wildman–Crippen MR) is 114 cm³/mol. The number of carbonyl (C=O) groups excluding carboxylic acids is 1. The molecule has 4 heterocycles. The Balaban J connectivity index is 1.43. The van der Waals surface area contributed by atoms with Gasteiger partial charge in [0, 0.05) is 37.2 Å². The molecule has 0 aromatic carbocycles. The molecule has 9 heteroatoms. The molecule has 3 aromatic rings. The van der Waals surface area contributed by atoms with Gasteiger partial charge in [-0.3, -0.25) is 9.48 Å². The Morgan fingerprint density at radius 2 is 2.03 bits per heavy atom. The van der Waals surface area contributed by atoms with Crippen molar-refractivity contribution in [1.82, 2.24) is 29.9 Å². The molecule has 0 radical (unpaired) electrons. The first-order chi connectivity index (χ1) is 14.3. The van der Waals surface area contributed by atoms with Gasteiger partial charge >= 0.3 is 0 Å². The maximum Gasteiger partial charge on any atom is 0.228 e. The van der Waals surface area contributed by atoms with Crippen molar-refractivity contribution < 1.29 is 9.90 Å². The van der Waals surface area contributed by atoms with E-state index in [9.17, 15) is 9.90 Å². The van der Waals surface area contributed by atoms with Gasteiger partial charge < -0.3 is 15.3 Å². The molecule has 3 aromatic heterocycles. The van der Waals surface area contributed by atoms with E-state index in [0.29, 0.717) is 18.1 Å². The van der Waals surface area contributed by atoms with Crippen LogP contribution in [0.3, 0.4) is 0 Å². The van der Waals surface area contributed by atoms with Crippen LogP contribution in [0.5, 0.6) is 0 Å². The number of aryl methyl sites for hydroxylation is 1. The monoisotopic (exact) mass is 409 g/mol. The lowest BCUT2D eigenvalue weighted by atomic mass is 9.95. The summed E-state index contributed by atoms with van der Waals surface area (Å²) in [6, 6.07) is 5.60. The molecular weight excluding hydrogens is 382 g/mol. The van der Waals surface area contributed by atoms with E-state index >= 15 is 0 Å². The summed E-state index contributed by atoms with van der Waals surface area (Å²) in [4.78, 5) is 23.9. The fourth-order valence-electron chi connectivity index (χ4n) is 3.82. The number of anilines is 1. The number of carbonyl (C=O) groups is 1. The van der Waals surface area contributed by atoms with Crippen molar-refractivity contribution >= 4 is 22.6 Å². The summed E-state index contributed by atoms with van der Waals surface area (Å²) >= 11 is 0. The highest BCUT2D eigenvalue weighted by Crippen LogP contribution is 2.23. The highest BCUT2D eigenvalue weighted by atomic mass is 16.3. The zero-order valence-electron chi connectivity index (χ0n) is 17.5. The van der Waals surface area contributed by atoms with E-state index in [1.807, 2.05) is 25.4 Å². The molecule has 30 heavy (non-hydrogen) atoms. The number of nitrogens with zero attached hydrogens (tertiary/aromatic N) is 6. The third kappa shape index (κ3) is 4.80. The Labute approximate surface area is 175 Å². The Morgan fingerprint density at radius 3 is 2.70 bits per heavy atom. The van der Waals surface area contributed by atoms with E-state index in [0.717, 1.165) is 42.5 Å². The molecule has 158 valence electrons. The van der Waals surface area contributed by atoms with Gasteiger partial charge in [0.15, 0.2) is 0 Å². The van der Waals surface area contributed by atoms with Gasteiger partial charge in [-0.25, -0.2) is 9.97 Å². The number of likely N-dealkylation sites (tertiary alicyclic amines) is 1. The number of hydrogen-bond donors (Lipinski definition) is 2. The lowest BCUT2D eigenvalue weighted by molar-refractivity contribution is -0.121. The second-order valence-electron chi connectivity index (χ2n) is 8.59. The first-order valence-electron chi connectivity index (χ1n) is 10.2. The van der Waals surface area contributed by atoms with Crippen molar-refractivity contribution in [2.45, 2.75) is 32.3 Å². The van der Waals surface area contributed by atoms with Gasteiger partial charge in [0.2, 0.25) is 5.91 Å². The van der Waals surface area contributed by atoms with Gasteiger partial charge in [-0.1, -0.05) is 5.21 Å². The SMILES string of the molecule is Cn1cc(-c2ccc3cnc(NC(=O)C4CCN(CC(C)(C)O)CC4)cc3n2)nn1. The summed E-state index contributed by atoms with van der Waals surface area (Å²) in [5, 5.41) is 21.9. The van der Waals surface area contributed by atoms with Gasteiger partial charge in [-0.15, -0.1) is 5.10 Å². The van der Waals surface area contributed by atoms with Gasteiger partial charge in [-0.2, -0.15) is 0 Å². The Morgan fingerprint density at radius 1 is 1.27 bits per heavy atom. The highest BCUT2D eigenvalue weighted by molar-refractivity contribution is 5.93. The molecule has 9 nitrogen and oxygen atoms in total. The number of β-amino-alcohol motifs (C(OH)–C–C–N with tert-alkyl or cyclic N) is 1. The lowest BCUT2D eigenvalue weighted by Crippen LogP contribution is -2.44. The largest absolute Gasteiger partial charge is 0.389 e. The molecule has 4 rings (SSSR count). The molecule has 0 unspecified atom stereocenters. The fraction of sp³-hybridized carbons (Fsp3) is 0.476. The molecule has 1 aliphatic heterocycles. The van der Waals surface area contributed by atoms with Crippen LogP contribution in [0, 0.1) is 5.92 Å². The summed E-state index contributed by atoms with van der Waals surface area (Å²) in [5.41, 5.74) is 1.43. The number of nitrogens with one attached hydrogen (secondary N) is 1. The zero-order chi connectivity index (χ0) is 21.3. The Bertz CT molecular complexity index is 1050. The number of aromatic nitrogens is 5. The number of aliphatic hydroxyl groups is 1. The maximum absolute atomic E-state index is 12.7. The van der Waals surface area contributed by atoms with Crippen LogP contribution in [0.1, 0.15) is 26.7 Å². The number of fused-ring (bicyclic) bond motifs is 1. The van der Waals surface area contributed by atoms with Crippen LogP contribution >= 0.6 is 0 Å². The van der Waals surface area contributed by atoms with E-state index in [1.54, 1.807) is 30.8 Å². The summed E-state index contributed by atoms with van der Waals surface area (Å²) in [7, 11) is 1.81. The second kappa shape index (κ2) is 8.08. The predicted octanol–water partition coefficient (Wildman–Crippen LogP) is 1.85. The quantitative estimate of drug-likeness (QED) is 0.662. The highest BCUT2D eigenvalue weighted by Gasteiger charge is 2.27. The molecule has 0 saturated carbocycles. The van der Waals surface area contributed by atoms with Gasteiger partial charge in [0.25, 0.3) is 0 Å². The summed E-state index contributed by atoms with van der Waals surface area (Å²) in [5.74, 6) is 0.421. The van der Waals surface area contributed by atoms with Crippen LogP contribution in [0.2, 0.25) is 0 Å². The Hall–Kier alpha value is -2.91. The van der Waals surface area contributed by atoms with E-state index in [1.165, 1.54) is 0 Å². The molecule has 1 amide bonds. The van der Waals surface area contributed by atoms with Gasteiger partial charge in [0.05, 0.1) is 23.0 Å².